The minimum Gasteiger partial charge on any atom is -0.494 e. The number of hydrogen-bond donors (Lipinski definition) is 4. The van der Waals surface area contributed by atoms with E-state index in [4.69, 9.17) is 9.73 Å². The molecule has 0 unspecified atom stereocenters. The molecule has 0 aliphatic carbocycles. The van der Waals surface area contributed by atoms with Crippen LogP contribution in [0.15, 0.2) is 77.8 Å². The summed E-state index contributed by atoms with van der Waals surface area (Å²) in [5.41, 5.74) is 4.69. The van der Waals surface area contributed by atoms with Gasteiger partial charge in [-0.15, -0.1) is 0 Å². The minimum absolute atomic E-state index is 0.0260. The van der Waals surface area contributed by atoms with Crippen molar-refractivity contribution in [1.29, 1.82) is 0 Å². The van der Waals surface area contributed by atoms with Crippen molar-refractivity contribution in [3.8, 4) is 5.88 Å². The van der Waals surface area contributed by atoms with Crippen LogP contribution in [0, 0.1) is 0 Å². The second-order valence-corrected chi connectivity index (χ2v) is 8.55. The molecule has 0 spiro atoms. The van der Waals surface area contributed by atoms with Gasteiger partial charge in [-0.2, -0.15) is 0 Å². The van der Waals surface area contributed by atoms with E-state index >= 15 is 0 Å². The summed E-state index contributed by atoms with van der Waals surface area (Å²) in [6.07, 6.45) is 0. The monoisotopic (exact) mass is 501 g/mol. The van der Waals surface area contributed by atoms with Crippen LogP contribution in [0.2, 0.25) is 0 Å². The van der Waals surface area contributed by atoms with Crippen LogP contribution < -0.4 is 0 Å². The second kappa shape index (κ2) is 12.3. The lowest BCUT2D eigenvalue weighted by molar-refractivity contribution is 0.0526. The number of hydrogen-bond acceptors (Lipinski definition) is 7. The van der Waals surface area contributed by atoms with Gasteiger partial charge in [-0.1, -0.05) is 48.5 Å². The Morgan fingerprint density at radius 3 is 2.30 bits per heavy atom. The van der Waals surface area contributed by atoms with E-state index < -0.39 is 5.97 Å². The lowest BCUT2D eigenvalue weighted by atomic mass is 10.00. The quantitative estimate of drug-likeness (QED) is 0.182. The number of aromatic amines is 1. The molecular formula is C29H31N3O5. The molecule has 0 aliphatic heterocycles. The maximum atomic E-state index is 12.2. The van der Waals surface area contributed by atoms with Crippen molar-refractivity contribution in [2.45, 2.75) is 13.5 Å². The Morgan fingerprint density at radius 1 is 0.946 bits per heavy atom. The van der Waals surface area contributed by atoms with Crippen molar-refractivity contribution >= 4 is 28.3 Å². The van der Waals surface area contributed by atoms with Crippen molar-refractivity contribution in [3.63, 3.8) is 0 Å². The smallest absolute Gasteiger partial charge is 0.338 e. The van der Waals surface area contributed by atoms with E-state index in [-0.39, 0.29) is 25.7 Å². The van der Waals surface area contributed by atoms with Gasteiger partial charge in [0.2, 0.25) is 0 Å². The Labute approximate surface area is 215 Å². The summed E-state index contributed by atoms with van der Waals surface area (Å²) in [5, 5.41) is 30.2. The van der Waals surface area contributed by atoms with Crippen molar-refractivity contribution in [2.24, 2.45) is 4.99 Å². The van der Waals surface area contributed by atoms with Gasteiger partial charge in [0.25, 0.3) is 0 Å². The number of aliphatic hydroxyl groups is 2. The average molecular weight is 502 g/mol. The lowest BCUT2D eigenvalue weighted by Gasteiger charge is -2.20. The van der Waals surface area contributed by atoms with E-state index in [1.165, 1.54) is 0 Å². The standard InChI is InChI=1S/C29H31N3O5/c1-2-37-29(36)22-10-13-24-25(18-22)31-28(35)26(24)27(21-6-4-3-5-7-21)30-23-11-8-20(9-12-23)19-32(14-16-33)15-17-34/h3-13,18,31,33-35H,2,14-17,19H2,1H3. The molecule has 0 atom stereocenters. The van der Waals surface area contributed by atoms with E-state index in [2.05, 4.69) is 4.98 Å². The first-order valence-corrected chi connectivity index (χ1v) is 12.2. The van der Waals surface area contributed by atoms with Crippen LogP contribution in [0.4, 0.5) is 5.69 Å². The van der Waals surface area contributed by atoms with Gasteiger partial charge >= 0.3 is 5.97 Å². The molecule has 4 rings (SSSR count). The first-order valence-electron chi connectivity index (χ1n) is 12.2. The van der Waals surface area contributed by atoms with Gasteiger partial charge in [-0.05, 0) is 36.8 Å². The highest BCUT2D eigenvalue weighted by molar-refractivity contribution is 6.22. The fourth-order valence-electron chi connectivity index (χ4n) is 4.24. The van der Waals surface area contributed by atoms with E-state index in [0.717, 1.165) is 16.5 Å². The zero-order valence-electron chi connectivity index (χ0n) is 20.7. The molecule has 0 bridgehead atoms. The topological polar surface area (TPSA) is 118 Å². The summed E-state index contributed by atoms with van der Waals surface area (Å²) in [6, 6.07) is 22.5. The van der Waals surface area contributed by atoms with Crippen LogP contribution in [0.5, 0.6) is 5.88 Å². The van der Waals surface area contributed by atoms with Crippen LogP contribution in [-0.4, -0.2) is 69.8 Å². The highest BCUT2D eigenvalue weighted by atomic mass is 16.5. The molecule has 8 heteroatoms. The van der Waals surface area contributed by atoms with Gasteiger partial charge in [0, 0.05) is 36.1 Å². The first kappa shape index (κ1) is 26.1. The van der Waals surface area contributed by atoms with Crippen LogP contribution in [0.25, 0.3) is 10.9 Å². The minimum atomic E-state index is -0.423. The molecule has 8 nitrogen and oxygen atoms in total. The number of aliphatic hydroxyl groups excluding tert-OH is 2. The molecule has 0 amide bonds. The molecule has 3 aromatic carbocycles. The number of ether oxygens (including phenoxy) is 1. The molecule has 37 heavy (non-hydrogen) atoms. The van der Waals surface area contributed by atoms with Gasteiger partial charge in [-0.25, -0.2) is 9.79 Å². The normalized spacial score (nSPS) is 11.8. The Morgan fingerprint density at radius 2 is 1.65 bits per heavy atom. The Kier molecular flexibility index (Phi) is 8.68. The second-order valence-electron chi connectivity index (χ2n) is 8.55. The number of aromatic nitrogens is 1. The van der Waals surface area contributed by atoms with E-state index in [1.807, 2.05) is 59.5 Å². The largest absolute Gasteiger partial charge is 0.494 e. The summed E-state index contributed by atoms with van der Waals surface area (Å²) in [6.45, 7) is 3.65. The molecule has 0 saturated heterocycles. The van der Waals surface area contributed by atoms with Crippen molar-refractivity contribution in [1.82, 2.24) is 9.88 Å². The molecule has 0 aliphatic rings. The summed E-state index contributed by atoms with van der Waals surface area (Å²) < 4.78 is 5.10. The highest BCUT2D eigenvalue weighted by Gasteiger charge is 2.20. The summed E-state index contributed by atoms with van der Waals surface area (Å²) in [4.78, 5) is 22.1. The highest BCUT2D eigenvalue weighted by Crippen LogP contribution is 2.32. The van der Waals surface area contributed by atoms with Crippen molar-refractivity contribution < 1.29 is 24.9 Å². The van der Waals surface area contributed by atoms with Gasteiger partial charge in [0.1, 0.15) is 0 Å². The zero-order chi connectivity index (χ0) is 26.2. The zero-order valence-corrected chi connectivity index (χ0v) is 20.7. The molecule has 0 radical (unpaired) electrons. The number of carbonyl (C=O) groups is 1. The molecule has 1 aromatic heterocycles. The number of aliphatic imine (C=N–C) groups is 1. The molecule has 4 N–H and O–H groups in total. The van der Waals surface area contributed by atoms with E-state index in [9.17, 15) is 20.1 Å². The molecule has 0 fully saturated rings. The maximum absolute atomic E-state index is 12.2. The number of esters is 1. The van der Waals surface area contributed by atoms with Gasteiger partial charge in [0.15, 0.2) is 5.88 Å². The molecule has 192 valence electrons. The molecular weight excluding hydrogens is 470 g/mol. The molecule has 0 saturated carbocycles. The van der Waals surface area contributed by atoms with E-state index in [1.54, 1.807) is 25.1 Å². The number of rotatable bonds is 11. The molecule has 1 heterocycles. The lowest BCUT2D eigenvalue weighted by Crippen LogP contribution is -2.29. The van der Waals surface area contributed by atoms with Gasteiger partial charge in [-0.3, -0.25) is 4.90 Å². The number of nitrogens with zero attached hydrogens (tertiary/aromatic N) is 2. The maximum Gasteiger partial charge on any atom is 0.338 e. The SMILES string of the molecule is CCOC(=O)c1ccc2c(C(=Nc3ccc(CN(CCO)CCO)cc3)c3ccccc3)c(O)[nH]c2c1. The van der Waals surface area contributed by atoms with E-state index in [0.29, 0.717) is 47.7 Å². The number of fused-ring (bicyclic) bond motifs is 1. The fraction of sp³-hybridized carbons (Fsp3) is 0.241. The Hall–Kier alpha value is -3.98. The summed E-state index contributed by atoms with van der Waals surface area (Å²) in [5.74, 6) is -0.465. The first-order chi connectivity index (χ1) is 18.0. The van der Waals surface area contributed by atoms with Crippen molar-refractivity contribution in [2.75, 3.05) is 32.9 Å². The third-order valence-corrected chi connectivity index (χ3v) is 5.99. The Bertz CT molecular complexity index is 1360. The number of carbonyl (C=O) groups excluding carboxylic acids is 1. The predicted molar refractivity (Wildman–Crippen MR) is 144 cm³/mol. The molecule has 4 aromatic rings. The van der Waals surface area contributed by atoms with Crippen LogP contribution >= 0.6 is 0 Å². The average Bonchev–Trinajstić information content (AvgIpc) is 3.24. The van der Waals surface area contributed by atoms with Crippen LogP contribution in [-0.2, 0) is 11.3 Å². The number of H-pyrrole nitrogens is 1. The number of aromatic hydroxyl groups is 1. The van der Waals surface area contributed by atoms with Crippen LogP contribution in [0.1, 0.15) is 34.0 Å². The van der Waals surface area contributed by atoms with Crippen molar-refractivity contribution in [3.05, 3.63) is 95.1 Å². The Balaban J connectivity index is 1.73. The number of benzene rings is 3. The third kappa shape index (κ3) is 6.24. The third-order valence-electron chi connectivity index (χ3n) is 5.99. The predicted octanol–water partition coefficient (Wildman–Crippen LogP) is 4.01. The number of nitrogens with one attached hydrogen (secondary N) is 1. The summed E-state index contributed by atoms with van der Waals surface area (Å²) >= 11 is 0. The van der Waals surface area contributed by atoms with Gasteiger partial charge < -0.3 is 25.0 Å². The summed E-state index contributed by atoms with van der Waals surface area (Å²) in [7, 11) is 0. The van der Waals surface area contributed by atoms with Gasteiger partial charge in [0.05, 0.1) is 42.3 Å². The van der Waals surface area contributed by atoms with Crippen LogP contribution in [0.3, 0.4) is 0 Å². The fourth-order valence-corrected chi connectivity index (χ4v) is 4.24.